The molecule has 0 bridgehead atoms. The van der Waals surface area contributed by atoms with E-state index in [1.165, 1.54) is 0 Å². The van der Waals surface area contributed by atoms with E-state index < -0.39 is 0 Å². The Kier molecular flexibility index (Phi) is 2.96. The summed E-state index contributed by atoms with van der Waals surface area (Å²) in [6.45, 7) is 7.34. The minimum absolute atomic E-state index is 0.0412. The van der Waals surface area contributed by atoms with Crippen LogP contribution in [0.3, 0.4) is 0 Å². The molecule has 1 rings (SSSR count). The van der Waals surface area contributed by atoms with Gasteiger partial charge in [-0.25, -0.2) is 0 Å². The number of hydrogen-bond donors (Lipinski definition) is 1. The van der Waals surface area contributed by atoms with Gasteiger partial charge in [0.15, 0.2) is 0 Å². The van der Waals surface area contributed by atoms with Crippen molar-refractivity contribution in [2.75, 3.05) is 0 Å². The lowest BCUT2D eigenvalue weighted by Gasteiger charge is -2.13. The molecule has 1 N–H and O–H groups in total. The number of rotatable bonds is 3. The Morgan fingerprint density at radius 1 is 1.54 bits per heavy atom. The van der Waals surface area contributed by atoms with Crippen molar-refractivity contribution in [3.63, 3.8) is 0 Å². The van der Waals surface area contributed by atoms with Crippen LogP contribution in [0.15, 0.2) is 30.9 Å². The van der Waals surface area contributed by atoms with Crippen LogP contribution in [0.25, 0.3) is 0 Å². The molecule has 0 fully saturated rings. The summed E-state index contributed by atoms with van der Waals surface area (Å²) >= 11 is 0. The van der Waals surface area contributed by atoms with Crippen LogP contribution in [0, 0.1) is 6.92 Å². The first kappa shape index (κ1) is 9.65. The Bertz CT molecular complexity index is 305. The van der Waals surface area contributed by atoms with Gasteiger partial charge in [-0.15, -0.1) is 0 Å². The summed E-state index contributed by atoms with van der Waals surface area (Å²) in [5.41, 5.74) is 0.760. The Morgan fingerprint density at radius 2 is 2.23 bits per heavy atom. The van der Waals surface area contributed by atoms with Crippen molar-refractivity contribution in [2.24, 2.45) is 0 Å². The smallest absolute Gasteiger partial charge is 0.126 e. The number of phenols is 1. The van der Waals surface area contributed by atoms with Gasteiger partial charge < -0.3 is 9.84 Å². The molecule has 1 atom stereocenters. The summed E-state index contributed by atoms with van der Waals surface area (Å²) < 4.78 is 5.50. The highest BCUT2D eigenvalue weighted by atomic mass is 16.5. The first-order chi connectivity index (χ1) is 6.15. The van der Waals surface area contributed by atoms with Crippen molar-refractivity contribution in [3.8, 4) is 11.5 Å². The van der Waals surface area contributed by atoms with Gasteiger partial charge in [0, 0.05) is 5.56 Å². The van der Waals surface area contributed by atoms with Crippen molar-refractivity contribution in [1.29, 1.82) is 0 Å². The quantitative estimate of drug-likeness (QED) is 0.721. The van der Waals surface area contributed by atoms with Crippen LogP contribution >= 0.6 is 0 Å². The second-order valence-corrected chi connectivity index (χ2v) is 2.96. The Labute approximate surface area is 78.5 Å². The maximum atomic E-state index is 9.38. The molecular weight excluding hydrogens is 164 g/mol. The molecule has 0 saturated heterocycles. The molecule has 1 unspecified atom stereocenters. The van der Waals surface area contributed by atoms with Crippen LogP contribution in [0.2, 0.25) is 0 Å². The van der Waals surface area contributed by atoms with Gasteiger partial charge in [-0.1, -0.05) is 18.7 Å². The second kappa shape index (κ2) is 3.99. The summed E-state index contributed by atoms with van der Waals surface area (Å²) in [5.74, 6) is 0.959. The zero-order chi connectivity index (χ0) is 9.84. The van der Waals surface area contributed by atoms with Gasteiger partial charge >= 0.3 is 0 Å². The highest BCUT2D eigenvalue weighted by Crippen LogP contribution is 2.26. The van der Waals surface area contributed by atoms with E-state index in [9.17, 15) is 5.11 Å². The minimum atomic E-state index is -0.0412. The van der Waals surface area contributed by atoms with Crippen LogP contribution in [0.1, 0.15) is 12.5 Å². The molecule has 0 aliphatic heterocycles. The fourth-order valence-electron chi connectivity index (χ4n) is 0.979. The van der Waals surface area contributed by atoms with Crippen molar-refractivity contribution in [2.45, 2.75) is 20.0 Å². The van der Waals surface area contributed by atoms with E-state index in [0.29, 0.717) is 5.75 Å². The summed E-state index contributed by atoms with van der Waals surface area (Å²) in [5, 5.41) is 9.38. The van der Waals surface area contributed by atoms with Crippen LogP contribution < -0.4 is 4.74 Å². The maximum Gasteiger partial charge on any atom is 0.126 e. The fourth-order valence-corrected chi connectivity index (χ4v) is 0.979. The van der Waals surface area contributed by atoms with Crippen molar-refractivity contribution in [1.82, 2.24) is 0 Å². The third-order valence-corrected chi connectivity index (χ3v) is 1.90. The van der Waals surface area contributed by atoms with Crippen LogP contribution in [-0.4, -0.2) is 11.2 Å². The lowest BCUT2D eigenvalue weighted by molar-refractivity contribution is 0.267. The van der Waals surface area contributed by atoms with Gasteiger partial charge in [0.25, 0.3) is 0 Å². The molecule has 13 heavy (non-hydrogen) atoms. The van der Waals surface area contributed by atoms with Crippen molar-refractivity contribution in [3.05, 3.63) is 36.4 Å². The summed E-state index contributed by atoms with van der Waals surface area (Å²) in [6, 6.07) is 5.23. The molecule has 0 heterocycles. The highest BCUT2D eigenvalue weighted by Gasteiger charge is 2.05. The van der Waals surface area contributed by atoms with Gasteiger partial charge in [-0.3, -0.25) is 0 Å². The van der Waals surface area contributed by atoms with E-state index in [1.54, 1.807) is 18.2 Å². The van der Waals surface area contributed by atoms with E-state index in [2.05, 4.69) is 6.58 Å². The molecule has 0 aliphatic carbocycles. The Morgan fingerprint density at radius 3 is 2.85 bits per heavy atom. The molecular formula is C11H14O2. The Balaban J connectivity index is 2.88. The number of benzene rings is 1. The third kappa shape index (κ3) is 2.25. The topological polar surface area (TPSA) is 29.5 Å². The van der Waals surface area contributed by atoms with Gasteiger partial charge in [0.05, 0.1) is 0 Å². The third-order valence-electron chi connectivity index (χ3n) is 1.90. The molecule has 1 aromatic carbocycles. The highest BCUT2D eigenvalue weighted by molar-refractivity contribution is 5.42. The number of phenolic OH excluding ortho intramolecular Hbond substituents is 1. The lowest BCUT2D eigenvalue weighted by atomic mass is 10.2. The predicted octanol–water partition coefficient (Wildman–Crippen LogP) is 2.65. The standard InChI is InChI=1S/C11H14O2/c1-4-8(2)13-11-7-5-6-10(12)9(11)3/h4-8,12H,1H2,2-3H3. The van der Waals surface area contributed by atoms with Gasteiger partial charge in [-0.05, 0) is 26.0 Å². The van der Waals surface area contributed by atoms with Crippen molar-refractivity contribution >= 4 is 0 Å². The van der Waals surface area contributed by atoms with E-state index in [4.69, 9.17) is 4.74 Å². The van der Waals surface area contributed by atoms with E-state index in [-0.39, 0.29) is 11.9 Å². The van der Waals surface area contributed by atoms with Gasteiger partial charge in [-0.2, -0.15) is 0 Å². The zero-order valence-electron chi connectivity index (χ0n) is 7.95. The molecule has 0 aromatic heterocycles. The van der Waals surface area contributed by atoms with Crippen LogP contribution in [0.4, 0.5) is 0 Å². The summed E-state index contributed by atoms with van der Waals surface area (Å²) in [7, 11) is 0. The molecule has 70 valence electrons. The van der Waals surface area contributed by atoms with Gasteiger partial charge in [0.2, 0.25) is 0 Å². The number of ether oxygens (including phenoxy) is 1. The molecule has 0 aliphatic rings. The summed E-state index contributed by atoms with van der Waals surface area (Å²) in [4.78, 5) is 0. The molecule has 0 spiro atoms. The lowest BCUT2D eigenvalue weighted by Crippen LogP contribution is -2.08. The first-order valence-corrected chi connectivity index (χ1v) is 4.23. The average Bonchev–Trinajstić information content (AvgIpc) is 2.13. The fraction of sp³-hybridized carbons (Fsp3) is 0.273. The molecule has 0 radical (unpaired) electrons. The van der Waals surface area contributed by atoms with Crippen molar-refractivity contribution < 1.29 is 9.84 Å². The number of hydrogen-bond acceptors (Lipinski definition) is 2. The van der Waals surface area contributed by atoms with Crippen LogP contribution in [0.5, 0.6) is 11.5 Å². The molecule has 1 aromatic rings. The molecule has 0 saturated carbocycles. The summed E-state index contributed by atoms with van der Waals surface area (Å²) in [6.07, 6.45) is 1.67. The average molecular weight is 178 g/mol. The van der Waals surface area contributed by atoms with Gasteiger partial charge in [0.1, 0.15) is 17.6 Å². The van der Waals surface area contributed by atoms with E-state index in [1.807, 2.05) is 19.9 Å². The maximum absolute atomic E-state index is 9.38. The first-order valence-electron chi connectivity index (χ1n) is 4.23. The molecule has 2 nitrogen and oxygen atoms in total. The largest absolute Gasteiger partial charge is 0.508 e. The SMILES string of the molecule is C=CC(C)Oc1cccc(O)c1C. The molecule has 2 heteroatoms. The monoisotopic (exact) mass is 178 g/mol. The van der Waals surface area contributed by atoms with E-state index >= 15 is 0 Å². The Hall–Kier alpha value is -1.44. The number of aromatic hydroxyl groups is 1. The minimum Gasteiger partial charge on any atom is -0.508 e. The van der Waals surface area contributed by atoms with Crippen LogP contribution in [-0.2, 0) is 0 Å². The zero-order valence-corrected chi connectivity index (χ0v) is 7.95. The normalized spacial score (nSPS) is 12.2. The molecule has 0 amide bonds. The predicted molar refractivity (Wildman–Crippen MR) is 53.1 cm³/mol. The van der Waals surface area contributed by atoms with E-state index in [0.717, 1.165) is 5.56 Å². The second-order valence-electron chi connectivity index (χ2n) is 2.96.